The van der Waals surface area contributed by atoms with Crippen LogP contribution in [0.3, 0.4) is 0 Å². The molecular formula is C15H18N2O2. The van der Waals surface area contributed by atoms with E-state index in [1.165, 1.54) is 11.1 Å². The summed E-state index contributed by atoms with van der Waals surface area (Å²) >= 11 is 0. The largest absolute Gasteiger partial charge is 0.328 e. The van der Waals surface area contributed by atoms with Crippen molar-refractivity contribution < 1.29 is 0 Å². The van der Waals surface area contributed by atoms with Crippen molar-refractivity contribution in [1.82, 2.24) is 9.55 Å². The third kappa shape index (κ3) is 3.02. The van der Waals surface area contributed by atoms with Gasteiger partial charge in [0.15, 0.2) is 0 Å². The molecule has 0 spiro atoms. The number of aromatic nitrogens is 2. The highest BCUT2D eigenvalue weighted by molar-refractivity contribution is 5.28. The van der Waals surface area contributed by atoms with Crippen molar-refractivity contribution in [2.45, 2.75) is 33.7 Å². The fourth-order valence-electron chi connectivity index (χ4n) is 2.28. The second-order valence-corrected chi connectivity index (χ2v) is 4.89. The summed E-state index contributed by atoms with van der Waals surface area (Å²) in [4.78, 5) is 25.7. The van der Waals surface area contributed by atoms with Gasteiger partial charge in [-0.15, -0.1) is 0 Å². The summed E-state index contributed by atoms with van der Waals surface area (Å²) in [6.45, 7) is 6.44. The van der Waals surface area contributed by atoms with E-state index in [0.717, 1.165) is 5.56 Å². The van der Waals surface area contributed by atoms with Crippen LogP contribution in [0.25, 0.3) is 0 Å². The first-order chi connectivity index (χ1) is 8.99. The fourth-order valence-corrected chi connectivity index (χ4v) is 2.28. The minimum Gasteiger partial charge on any atom is -0.296 e. The Hall–Kier alpha value is -2.10. The predicted octanol–water partition coefficient (Wildman–Crippen LogP) is 1.76. The van der Waals surface area contributed by atoms with E-state index in [0.29, 0.717) is 18.5 Å². The Morgan fingerprint density at radius 2 is 1.74 bits per heavy atom. The van der Waals surface area contributed by atoms with Gasteiger partial charge in [-0.25, -0.2) is 4.79 Å². The number of rotatable bonds is 3. The number of nitrogens with zero attached hydrogens (tertiary/aromatic N) is 1. The number of hydrogen-bond acceptors (Lipinski definition) is 2. The van der Waals surface area contributed by atoms with Gasteiger partial charge in [0.1, 0.15) is 0 Å². The highest BCUT2D eigenvalue weighted by Crippen LogP contribution is 2.09. The number of hydrogen-bond donors (Lipinski definition) is 1. The summed E-state index contributed by atoms with van der Waals surface area (Å²) < 4.78 is 1.55. The Morgan fingerprint density at radius 3 is 2.32 bits per heavy atom. The summed E-state index contributed by atoms with van der Waals surface area (Å²) in [5.74, 6) is 0. The maximum absolute atomic E-state index is 11.8. The summed E-state index contributed by atoms with van der Waals surface area (Å²) in [5.41, 5.74) is 3.38. The van der Waals surface area contributed by atoms with Crippen LogP contribution in [-0.2, 0) is 13.0 Å². The van der Waals surface area contributed by atoms with Crippen molar-refractivity contribution in [3.05, 3.63) is 67.5 Å². The smallest absolute Gasteiger partial charge is 0.296 e. The molecule has 4 nitrogen and oxygen atoms in total. The Balaban J connectivity index is 2.43. The maximum Gasteiger partial charge on any atom is 0.328 e. The van der Waals surface area contributed by atoms with Crippen LogP contribution in [0.1, 0.15) is 29.2 Å². The molecule has 0 fully saturated rings. The van der Waals surface area contributed by atoms with E-state index < -0.39 is 0 Å². The van der Waals surface area contributed by atoms with E-state index in [1.54, 1.807) is 10.8 Å². The summed E-state index contributed by atoms with van der Waals surface area (Å²) in [6.07, 6.45) is 2.27. The molecule has 0 aliphatic carbocycles. The standard InChI is InChI=1S/C15H18N2O2/c1-4-13-9-17(15(19)16-14(13)18)8-12-6-10(2)5-11(3)7-12/h5-7,9H,4,8H2,1-3H3,(H,16,18,19). The van der Waals surface area contributed by atoms with Crippen LogP contribution in [0, 0.1) is 13.8 Å². The van der Waals surface area contributed by atoms with Gasteiger partial charge in [-0.2, -0.15) is 0 Å². The lowest BCUT2D eigenvalue weighted by Gasteiger charge is -2.08. The number of aromatic amines is 1. The molecule has 1 heterocycles. The first-order valence-electron chi connectivity index (χ1n) is 6.39. The zero-order valence-corrected chi connectivity index (χ0v) is 11.5. The van der Waals surface area contributed by atoms with Crippen LogP contribution in [0.4, 0.5) is 0 Å². The number of H-pyrrole nitrogens is 1. The van der Waals surface area contributed by atoms with E-state index in [4.69, 9.17) is 0 Å². The molecule has 0 bridgehead atoms. The van der Waals surface area contributed by atoms with Crippen molar-refractivity contribution >= 4 is 0 Å². The number of nitrogens with one attached hydrogen (secondary N) is 1. The minimum atomic E-state index is -0.360. The van der Waals surface area contributed by atoms with Gasteiger partial charge in [-0.05, 0) is 25.8 Å². The van der Waals surface area contributed by atoms with Crippen molar-refractivity contribution in [3.63, 3.8) is 0 Å². The minimum absolute atomic E-state index is 0.288. The molecule has 0 radical (unpaired) electrons. The van der Waals surface area contributed by atoms with Gasteiger partial charge in [-0.3, -0.25) is 14.3 Å². The maximum atomic E-state index is 11.8. The first kappa shape index (κ1) is 13.3. The van der Waals surface area contributed by atoms with Gasteiger partial charge in [0.2, 0.25) is 0 Å². The highest BCUT2D eigenvalue weighted by Gasteiger charge is 2.04. The topological polar surface area (TPSA) is 54.9 Å². The molecular weight excluding hydrogens is 240 g/mol. The Bertz CT molecular complexity index is 691. The van der Waals surface area contributed by atoms with Crippen LogP contribution >= 0.6 is 0 Å². The van der Waals surface area contributed by atoms with Gasteiger partial charge >= 0.3 is 5.69 Å². The Morgan fingerprint density at radius 1 is 1.11 bits per heavy atom. The lowest BCUT2D eigenvalue weighted by molar-refractivity contribution is 0.707. The monoisotopic (exact) mass is 258 g/mol. The second kappa shape index (κ2) is 5.26. The second-order valence-electron chi connectivity index (χ2n) is 4.89. The summed E-state index contributed by atoms with van der Waals surface area (Å²) in [5, 5.41) is 0. The molecule has 2 aromatic rings. The molecule has 0 unspecified atom stereocenters. The van der Waals surface area contributed by atoms with E-state index in [1.807, 2.05) is 20.8 Å². The molecule has 4 heteroatoms. The van der Waals surface area contributed by atoms with Crippen LogP contribution < -0.4 is 11.2 Å². The van der Waals surface area contributed by atoms with Gasteiger partial charge in [0.25, 0.3) is 5.56 Å². The average molecular weight is 258 g/mol. The van der Waals surface area contributed by atoms with Crippen LogP contribution in [0.2, 0.25) is 0 Å². The van der Waals surface area contributed by atoms with Gasteiger partial charge in [0, 0.05) is 11.8 Å². The lowest BCUT2D eigenvalue weighted by atomic mass is 10.1. The third-order valence-corrected chi connectivity index (χ3v) is 3.10. The van der Waals surface area contributed by atoms with Crippen molar-refractivity contribution in [2.75, 3.05) is 0 Å². The quantitative estimate of drug-likeness (QED) is 0.912. The fraction of sp³-hybridized carbons (Fsp3) is 0.333. The SMILES string of the molecule is CCc1cn(Cc2cc(C)cc(C)c2)c(=O)[nH]c1=O. The number of aryl methyl sites for hydroxylation is 3. The van der Waals surface area contributed by atoms with Crippen molar-refractivity contribution in [2.24, 2.45) is 0 Å². The Kier molecular flexibility index (Phi) is 3.69. The molecule has 2 rings (SSSR count). The van der Waals surface area contributed by atoms with Gasteiger partial charge in [-0.1, -0.05) is 36.2 Å². The molecule has 0 aliphatic heterocycles. The molecule has 100 valence electrons. The molecule has 0 saturated carbocycles. The normalized spacial score (nSPS) is 10.7. The van der Waals surface area contributed by atoms with Gasteiger partial charge in [0.05, 0.1) is 6.54 Å². The first-order valence-corrected chi connectivity index (χ1v) is 6.39. The molecule has 1 aromatic heterocycles. The van der Waals surface area contributed by atoms with Gasteiger partial charge < -0.3 is 0 Å². The third-order valence-electron chi connectivity index (χ3n) is 3.10. The predicted molar refractivity (Wildman–Crippen MR) is 75.7 cm³/mol. The van der Waals surface area contributed by atoms with Crippen LogP contribution in [-0.4, -0.2) is 9.55 Å². The average Bonchev–Trinajstić information content (AvgIpc) is 2.31. The van der Waals surface area contributed by atoms with E-state index in [2.05, 4.69) is 23.2 Å². The molecule has 0 aliphatic rings. The van der Waals surface area contributed by atoms with E-state index >= 15 is 0 Å². The molecule has 19 heavy (non-hydrogen) atoms. The molecule has 0 amide bonds. The molecule has 0 saturated heterocycles. The molecule has 1 N–H and O–H groups in total. The summed E-state index contributed by atoms with van der Waals surface area (Å²) in [6, 6.07) is 6.20. The Labute approximate surface area is 111 Å². The van der Waals surface area contributed by atoms with Crippen molar-refractivity contribution in [3.8, 4) is 0 Å². The van der Waals surface area contributed by atoms with E-state index in [-0.39, 0.29) is 11.2 Å². The highest BCUT2D eigenvalue weighted by atomic mass is 16.2. The number of benzene rings is 1. The van der Waals surface area contributed by atoms with Crippen LogP contribution in [0.5, 0.6) is 0 Å². The lowest BCUT2D eigenvalue weighted by Crippen LogP contribution is -2.31. The molecule has 1 aromatic carbocycles. The zero-order chi connectivity index (χ0) is 14.0. The van der Waals surface area contributed by atoms with E-state index in [9.17, 15) is 9.59 Å². The molecule has 0 atom stereocenters. The van der Waals surface area contributed by atoms with Crippen LogP contribution in [0.15, 0.2) is 34.0 Å². The summed E-state index contributed by atoms with van der Waals surface area (Å²) in [7, 11) is 0. The zero-order valence-electron chi connectivity index (χ0n) is 11.5. The van der Waals surface area contributed by atoms with Crippen molar-refractivity contribution in [1.29, 1.82) is 0 Å².